The average Bonchev–Trinajstić information content (AvgIpc) is 2.52. The molecule has 1 aliphatic carbocycles. The van der Waals surface area contributed by atoms with Crippen LogP contribution in [0.5, 0.6) is 0 Å². The quantitative estimate of drug-likeness (QED) is 0.725. The molecule has 0 spiro atoms. The molecule has 0 amide bonds. The first-order chi connectivity index (χ1) is 7.87. The van der Waals surface area contributed by atoms with Crippen molar-refractivity contribution in [1.82, 2.24) is 0 Å². The van der Waals surface area contributed by atoms with Gasteiger partial charge in [-0.1, -0.05) is 53.0 Å². The molecule has 1 nitrogen and oxygen atoms in total. The van der Waals surface area contributed by atoms with Gasteiger partial charge in [0.25, 0.3) is 0 Å². The van der Waals surface area contributed by atoms with Gasteiger partial charge in [0, 0.05) is 10.5 Å². The van der Waals surface area contributed by atoms with Crippen LogP contribution in [0.25, 0.3) is 0 Å². The van der Waals surface area contributed by atoms with E-state index in [-0.39, 0.29) is 0 Å². The van der Waals surface area contributed by atoms with Crippen LogP contribution in [-0.2, 0) is 0 Å². The Labute approximate surface area is 121 Å². The molecule has 17 heavy (non-hydrogen) atoms. The van der Waals surface area contributed by atoms with E-state index in [0.29, 0.717) is 21.5 Å². The third-order valence-electron chi connectivity index (χ3n) is 3.32. The van der Waals surface area contributed by atoms with Gasteiger partial charge in [0.1, 0.15) is 0 Å². The molecule has 0 heterocycles. The summed E-state index contributed by atoms with van der Waals surface area (Å²) in [6.45, 7) is 4.61. The largest absolute Gasteiger partial charge is 0.380 e. The molecular weight excluding hydrogens is 321 g/mol. The lowest BCUT2D eigenvalue weighted by atomic mass is 9.92. The lowest BCUT2D eigenvalue weighted by Crippen LogP contribution is -2.18. The maximum absolute atomic E-state index is 6.21. The van der Waals surface area contributed by atoms with Crippen LogP contribution >= 0.6 is 39.1 Å². The molecule has 0 saturated heterocycles. The molecule has 0 bridgehead atoms. The Kier molecular flexibility index (Phi) is 3.96. The molecule has 1 saturated carbocycles. The summed E-state index contributed by atoms with van der Waals surface area (Å²) in [6.07, 6.45) is 3.59. The Morgan fingerprint density at radius 1 is 1.29 bits per heavy atom. The average molecular weight is 337 g/mol. The van der Waals surface area contributed by atoms with Crippen LogP contribution in [-0.4, -0.2) is 6.04 Å². The smallest absolute Gasteiger partial charge is 0.0721 e. The summed E-state index contributed by atoms with van der Waals surface area (Å²) in [5.74, 6) is 0. The van der Waals surface area contributed by atoms with Gasteiger partial charge < -0.3 is 5.32 Å². The Balaban J connectivity index is 2.15. The van der Waals surface area contributed by atoms with Crippen molar-refractivity contribution in [2.75, 3.05) is 5.32 Å². The lowest BCUT2D eigenvalue weighted by Gasteiger charge is -2.20. The van der Waals surface area contributed by atoms with Crippen molar-refractivity contribution in [2.24, 2.45) is 5.41 Å². The van der Waals surface area contributed by atoms with Crippen LogP contribution in [0.2, 0.25) is 10.0 Å². The number of halogens is 3. The highest BCUT2D eigenvalue weighted by atomic mass is 79.9. The predicted molar refractivity (Wildman–Crippen MR) is 79.2 cm³/mol. The van der Waals surface area contributed by atoms with E-state index < -0.39 is 0 Å². The number of hydrogen-bond donors (Lipinski definition) is 1. The summed E-state index contributed by atoms with van der Waals surface area (Å²) in [7, 11) is 0. The van der Waals surface area contributed by atoms with Gasteiger partial charge in [-0.05, 0) is 36.8 Å². The minimum Gasteiger partial charge on any atom is -0.380 e. The fourth-order valence-electron chi connectivity index (χ4n) is 2.44. The predicted octanol–water partition coefficient (Wildman–Crippen LogP) is 5.75. The standard InChI is InChI=1S/C13H16BrCl2N/c1-13(2)4-3-9(7-13)17-12-10(15)5-8(14)6-11(12)16/h5-6,9,17H,3-4,7H2,1-2H3. The second-order valence-corrected chi connectivity index (χ2v) is 7.22. The molecule has 94 valence electrons. The summed E-state index contributed by atoms with van der Waals surface area (Å²) < 4.78 is 0.907. The summed E-state index contributed by atoms with van der Waals surface area (Å²) in [4.78, 5) is 0. The fraction of sp³-hybridized carbons (Fsp3) is 0.538. The van der Waals surface area contributed by atoms with Crippen molar-refractivity contribution in [3.63, 3.8) is 0 Å². The van der Waals surface area contributed by atoms with E-state index in [2.05, 4.69) is 35.1 Å². The molecule has 2 rings (SSSR count). The number of rotatable bonds is 2. The molecule has 1 aromatic carbocycles. The van der Waals surface area contributed by atoms with Crippen molar-refractivity contribution >= 4 is 44.8 Å². The Morgan fingerprint density at radius 2 is 1.88 bits per heavy atom. The van der Waals surface area contributed by atoms with Crippen molar-refractivity contribution in [3.05, 3.63) is 26.7 Å². The third kappa shape index (κ3) is 3.30. The van der Waals surface area contributed by atoms with E-state index >= 15 is 0 Å². The van der Waals surface area contributed by atoms with E-state index in [0.717, 1.165) is 16.6 Å². The number of benzene rings is 1. The highest BCUT2D eigenvalue weighted by molar-refractivity contribution is 9.10. The Bertz CT molecular complexity index is 408. The van der Waals surface area contributed by atoms with Crippen LogP contribution in [0.15, 0.2) is 16.6 Å². The van der Waals surface area contributed by atoms with Crippen LogP contribution in [0, 0.1) is 5.41 Å². The van der Waals surface area contributed by atoms with E-state index in [1.165, 1.54) is 12.8 Å². The molecule has 4 heteroatoms. The highest BCUT2D eigenvalue weighted by Crippen LogP contribution is 2.41. The monoisotopic (exact) mass is 335 g/mol. The minimum absolute atomic E-state index is 0.423. The molecular formula is C13H16BrCl2N. The van der Waals surface area contributed by atoms with Crippen LogP contribution < -0.4 is 5.32 Å². The van der Waals surface area contributed by atoms with Gasteiger partial charge in [0.15, 0.2) is 0 Å². The highest BCUT2D eigenvalue weighted by Gasteiger charge is 2.31. The van der Waals surface area contributed by atoms with E-state index in [4.69, 9.17) is 23.2 Å². The molecule has 0 aliphatic heterocycles. The molecule has 1 unspecified atom stereocenters. The molecule has 0 radical (unpaired) electrons. The molecule has 1 N–H and O–H groups in total. The molecule has 1 fully saturated rings. The van der Waals surface area contributed by atoms with Gasteiger partial charge in [-0.3, -0.25) is 0 Å². The first-order valence-corrected chi connectivity index (χ1v) is 7.33. The molecule has 0 aromatic heterocycles. The van der Waals surface area contributed by atoms with Crippen LogP contribution in [0.3, 0.4) is 0 Å². The van der Waals surface area contributed by atoms with Crippen molar-refractivity contribution < 1.29 is 0 Å². The fourth-order valence-corrected chi connectivity index (χ4v) is 3.76. The van der Waals surface area contributed by atoms with Gasteiger partial charge in [-0.15, -0.1) is 0 Å². The van der Waals surface area contributed by atoms with Gasteiger partial charge in [0.05, 0.1) is 15.7 Å². The van der Waals surface area contributed by atoms with E-state index in [1.54, 1.807) is 0 Å². The number of nitrogens with one attached hydrogen (secondary N) is 1. The van der Waals surface area contributed by atoms with Gasteiger partial charge >= 0.3 is 0 Å². The summed E-state index contributed by atoms with van der Waals surface area (Å²) >= 11 is 15.8. The number of anilines is 1. The third-order valence-corrected chi connectivity index (χ3v) is 4.38. The number of hydrogen-bond acceptors (Lipinski definition) is 1. The van der Waals surface area contributed by atoms with Gasteiger partial charge in [0.2, 0.25) is 0 Å². The SMILES string of the molecule is CC1(C)CCC(Nc2c(Cl)cc(Br)cc2Cl)C1. The lowest BCUT2D eigenvalue weighted by molar-refractivity contribution is 0.378. The van der Waals surface area contributed by atoms with Crippen molar-refractivity contribution in [3.8, 4) is 0 Å². The maximum atomic E-state index is 6.21. The maximum Gasteiger partial charge on any atom is 0.0721 e. The topological polar surface area (TPSA) is 12.0 Å². The van der Waals surface area contributed by atoms with Crippen LogP contribution in [0.4, 0.5) is 5.69 Å². The zero-order valence-corrected chi connectivity index (χ0v) is 13.1. The normalized spacial score (nSPS) is 22.8. The summed E-state index contributed by atoms with van der Waals surface area (Å²) in [6, 6.07) is 4.22. The molecule has 1 atom stereocenters. The molecule has 1 aromatic rings. The van der Waals surface area contributed by atoms with Crippen LogP contribution in [0.1, 0.15) is 33.1 Å². The second-order valence-electron chi connectivity index (χ2n) is 5.49. The van der Waals surface area contributed by atoms with Gasteiger partial charge in [-0.25, -0.2) is 0 Å². The van der Waals surface area contributed by atoms with Gasteiger partial charge in [-0.2, -0.15) is 0 Å². The zero-order chi connectivity index (χ0) is 12.6. The minimum atomic E-state index is 0.423. The second kappa shape index (κ2) is 4.99. The Morgan fingerprint density at radius 3 is 2.35 bits per heavy atom. The first-order valence-electron chi connectivity index (χ1n) is 5.78. The van der Waals surface area contributed by atoms with E-state index in [9.17, 15) is 0 Å². The van der Waals surface area contributed by atoms with Crippen molar-refractivity contribution in [1.29, 1.82) is 0 Å². The zero-order valence-electron chi connectivity index (χ0n) is 9.99. The summed E-state index contributed by atoms with van der Waals surface area (Å²) in [5, 5.41) is 4.83. The van der Waals surface area contributed by atoms with E-state index in [1.807, 2.05) is 12.1 Å². The first kappa shape index (κ1) is 13.5. The Hall–Kier alpha value is 0.0800. The molecule has 1 aliphatic rings. The van der Waals surface area contributed by atoms with Crippen molar-refractivity contribution in [2.45, 2.75) is 39.2 Å². The summed E-state index contributed by atoms with van der Waals surface area (Å²) in [5.41, 5.74) is 1.28.